The van der Waals surface area contributed by atoms with Crippen LogP contribution in [0.3, 0.4) is 0 Å². The predicted octanol–water partition coefficient (Wildman–Crippen LogP) is 0.646. The van der Waals surface area contributed by atoms with Crippen molar-refractivity contribution < 1.29 is 10.0 Å². The molecule has 0 saturated heterocycles. The minimum absolute atomic E-state index is 0.0728. The Labute approximate surface area is 107 Å². The van der Waals surface area contributed by atoms with E-state index < -0.39 is 4.92 Å². The van der Waals surface area contributed by atoms with E-state index in [1.807, 2.05) is 0 Å². The molecule has 0 unspecified atom stereocenters. The fraction of sp³-hybridized carbons (Fsp3) is 0.111. The largest absolute Gasteiger partial charge is 0.507 e. The second-order valence-corrected chi connectivity index (χ2v) is 3.47. The van der Waals surface area contributed by atoms with Gasteiger partial charge in [-0.15, -0.1) is 16.7 Å². The van der Waals surface area contributed by atoms with Gasteiger partial charge in [0.05, 0.1) is 17.0 Å². The lowest BCUT2D eigenvalue weighted by molar-refractivity contribution is -0.384. The predicted molar refractivity (Wildman–Crippen MR) is 67.7 cm³/mol. The highest BCUT2D eigenvalue weighted by Crippen LogP contribution is 2.28. The van der Waals surface area contributed by atoms with Gasteiger partial charge in [-0.3, -0.25) is 10.1 Å². The Morgan fingerprint density at radius 1 is 1.56 bits per heavy atom. The van der Waals surface area contributed by atoms with E-state index in [-0.39, 0.29) is 34.4 Å². The molecule has 96 valence electrons. The molecule has 0 spiro atoms. The molecule has 0 heterocycles. The molecular weight excluding hydrogens is 262 g/mol. The minimum atomic E-state index is -0.604. The van der Waals surface area contributed by atoms with Gasteiger partial charge in [0.1, 0.15) is 5.75 Å². The summed E-state index contributed by atoms with van der Waals surface area (Å²) in [4.78, 5) is 10.1. The van der Waals surface area contributed by atoms with Gasteiger partial charge >= 0.3 is 0 Å². The average Bonchev–Trinajstić information content (AvgIpc) is 2.30. The lowest BCUT2D eigenvalue weighted by atomic mass is 10.1. The molecule has 0 aliphatic heterocycles. The van der Waals surface area contributed by atoms with Crippen molar-refractivity contribution in [2.24, 2.45) is 21.7 Å². The van der Waals surface area contributed by atoms with E-state index >= 15 is 0 Å². The minimum Gasteiger partial charge on any atom is -0.507 e. The normalized spacial score (nSPS) is 10.5. The van der Waals surface area contributed by atoms with Crippen LogP contribution >= 0.6 is 11.6 Å². The maximum Gasteiger partial charge on any atom is 0.270 e. The fourth-order valence-electron chi connectivity index (χ4n) is 1.17. The van der Waals surface area contributed by atoms with Gasteiger partial charge in [-0.25, -0.2) is 0 Å². The molecular formula is C9H10ClN5O3. The lowest BCUT2D eigenvalue weighted by Gasteiger charge is -2.04. The van der Waals surface area contributed by atoms with Crippen molar-refractivity contribution >= 4 is 29.5 Å². The lowest BCUT2D eigenvalue weighted by Crippen LogP contribution is -2.21. The highest BCUT2D eigenvalue weighted by Gasteiger charge is 2.14. The molecule has 0 radical (unpaired) electrons. The number of aromatic hydroxyl groups is 1. The Hall–Kier alpha value is -2.35. The average molecular weight is 272 g/mol. The number of nitro groups is 1. The molecule has 1 rings (SSSR count). The zero-order valence-corrected chi connectivity index (χ0v) is 9.83. The molecule has 1 aromatic carbocycles. The molecule has 0 aliphatic rings. The molecule has 1 aromatic rings. The maximum atomic E-state index is 10.7. The number of hydrogen-bond donors (Lipinski definition) is 3. The van der Waals surface area contributed by atoms with Crippen molar-refractivity contribution in [1.29, 1.82) is 0 Å². The van der Waals surface area contributed by atoms with Gasteiger partial charge in [-0.1, -0.05) is 0 Å². The van der Waals surface area contributed by atoms with E-state index in [0.29, 0.717) is 0 Å². The zero-order chi connectivity index (χ0) is 13.7. The summed E-state index contributed by atoms with van der Waals surface area (Å²) in [5.41, 5.74) is 10.2. The molecule has 0 fully saturated rings. The summed E-state index contributed by atoms with van der Waals surface area (Å²) in [5.74, 6) is -0.546. The smallest absolute Gasteiger partial charge is 0.270 e. The molecule has 0 aliphatic carbocycles. The summed E-state index contributed by atoms with van der Waals surface area (Å²) >= 11 is 5.57. The molecule has 0 atom stereocenters. The summed E-state index contributed by atoms with van der Waals surface area (Å²) < 4.78 is 0. The number of non-ortho nitro benzene ring substituents is 1. The van der Waals surface area contributed by atoms with Crippen LogP contribution in [0.4, 0.5) is 5.69 Å². The number of phenolic OH excluding ortho intramolecular Hbond substituents is 1. The van der Waals surface area contributed by atoms with Crippen LogP contribution in [0.1, 0.15) is 11.1 Å². The fourth-order valence-corrected chi connectivity index (χ4v) is 1.37. The second kappa shape index (κ2) is 5.82. The van der Waals surface area contributed by atoms with E-state index in [4.69, 9.17) is 23.1 Å². The van der Waals surface area contributed by atoms with Gasteiger partial charge in [-0.05, 0) is 0 Å². The third-order valence-corrected chi connectivity index (χ3v) is 2.22. The summed E-state index contributed by atoms with van der Waals surface area (Å²) in [5, 5.41) is 27.2. The standard InChI is InChI=1S/C9H10ClN5O3/c10-3-5-1-7(15(17)18)2-6(8(5)16)4-13-14-9(11)12/h1-2,4,16H,3H2,(H4,11,12,14). The monoisotopic (exact) mass is 271 g/mol. The number of alkyl halides is 1. The van der Waals surface area contributed by atoms with E-state index in [1.165, 1.54) is 6.07 Å². The van der Waals surface area contributed by atoms with Gasteiger partial charge in [0.2, 0.25) is 5.96 Å². The summed E-state index contributed by atoms with van der Waals surface area (Å²) in [6, 6.07) is 2.32. The highest BCUT2D eigenvalue weighted by molar-refractivity contribution is 6.17. The Morgan fingerprint density at radius 2 is 2.22 bits per heavy atom. The van der Waals surface area contributed by atoms with Crippen LogP contribution in [0.25, 0.3) is 0 Å². The SMILES string of the molecule is NC(N)=NN=Cc1cc([N+](=O)[O-])cc(CCl)c1O. The Balaban J connectivity index is 3.25. The first-order valence-corrected chi connectivity index (χ1v) is 5.17. The summed E-state index contributed by atoms with van der Waals surface area (Å²) in [7, 11) is 0. The van der Waals surface area contributed by atoms with Crippen LogP contribution in [0.15, 0.2) is 22.3 Å². The number of halogens is 1. The van der Waals surface area contributed by atoms with E-state index in [9.17, 15) is 15.2 Å². The van der Waals surface area contributed by atoms with Gasteiger partial charge in [0.25, 0.3) is 5.69 Å². The van der Waals surface area contributed by atoms with Crippen molar-refractivity contribution in [3.8, 4) is 5.75 Å². The van der Waals surface area contributed by atoms with Crippen molar-refractivity contribution in [3.63, 3.8) is 0 Å². The third-order valence-electron chi connectivity index (χ3n) is 1.93. The molecule has 0 bridgehead atoms. The van der Waals surface area contributed by atoms with Gasteiger partial charge < -0.3 is 16.6 Å². The van der Waals surface area contributed by atoms with E-state index in [2.05, 4.69) is 10.2 Å². The van der Waals surface area contributed by atoms with Crippen molar-refractivity contribution in [2.45, 2.75) is 5.88 Å². The van der Waals surface area contributed by atoms with Crippen LogP contribution in [0.2, 0.25) is 0 Å². The number of nitrogens with zero attached hydrogens (tertiary/aromatic N) is 3. The molecule has 0 amide bonds. The van der Waals surface area contributed by atoms with Gasteiger partial charge in [-0.2, -0.15) is 5.10 Å². The summed E-state index contributed by atoms with van der Waals surface area (Å²) in [6.07, 6.45) is 1.10. The van der Waals surface area contributed by atoms with E-state index in [1.54, 1.807) is 0 Å². The molecule has 5 N–H and O–H groups in total. The number of guanidine groups is 1. The van der Waals surface area contributed by atoms with Crippen molar-refractivity contribution in [1.82, 2.24) is 0 Å². The molecule has 0 saturated carbocycles. The zero-order valence-electron chi connectivity index (χ0n) is 9.08. The quantitative estimate of drug-likeness (QED) is 0.242. The first kappa shape index (κ1) is 13.7. The second-order valence-electron chi connectivity index (χ2n) is 3.20. The maximum absolute atomic E-state index is 10.7. The van der Waals surface area contributed by atoms with Crippen LogP contribution in [0.5, 0.6) is 5.75 Å². The highest BCUT2D eigenvalue weighted by atomic mass is 35.5. The number of benzene rings is 1. The number of nitrogens with two attached hydrogens (primary N) is 2. The van der Waals surface area contributed by atoms with Gasteiger partial charge in [0, 0.05) is 23.3 Å². The Kier molecular flexibility index (Phi) is 4.44. The first-order valence-electron chi connectivity index (χ1n) is 4.64. The number of hydrogen-bond acceptors (Lipinski definition) is 5. The Morgan fingerprint density at radius 3 is 2.72 bits per heavy atom. The molecule has 18 heavy (non-hydrogen) atoms. The van der Waals surface area contributed by atoms with Crippen LogP contribution in [-0.2, 0) is 5.88 Å². The molecule has 8 nitrogen and oxygen atoms in total. The Bertz CT molecular complexity index is 525. The topological polar surface area (TPSA) is 140 Å². The number of rotatable bonds is 4. The first-order chi connectivity index (χ1) is 8.45. The van der Waals surface area contributed by atoms with Crippen molar-refractivity contribution in [3.05, 3.63) is 33.4 Å². The van der Waals surface area contributed by atoms with Gasteiger partial charge in [0.15, 0.2) is 0 Å². The molecule has 0 aromatic heterocycles. The van der Waals surface area contributed by atoms with Crippen LogP contribution in [-0.4, -0.2) is 22.2 Å². The third kappa shape index (κ3) is 3.32. The van der Waals surface area contributed by atoms with Crippen molar-refractivity contribution in [2.75, 3.05) is 0 Å². The summed E-state index contributed by atoms with van der Waals surface area (Å²) in [6.45, 7) is 0. The molecule has 9 heteroatoms. The van der Waals surface area contributed by atoms with E-state index in [0.717, 1.165) is 12.3 Å². The number of phenols is 1. The number of nitro benzene ring substituents is 1. The van der Waals surface area contributed by atoms with Crippen LogP contribution in [0, 0.1) is 10.1 Å². The van der Waals surface area contributed by atoms with Crippen LogP contribution < -0.4 is 11.5 Å².